The van der Waals surface area contributed by atoms with Crippen molar-refractivity contribution in [2.24, 2.45) is 7.05 Å². The Kier molecular flexibility index (Phi) is 8.84. The number of hydrogen-bond acceptors (Lipinski definition) is 5. The van der Waals surface area contributed by atoms with Crippen LogP contribution in [0.15, 0.2) is 170 Å². The highest BCUT2D eigenvalue weighted by Crippen LogP contribution is 2.50. The van der Waals surface area contributed by atoms with Crippen LogP contribution in [-0.2, 0) is 7.05 Å². The topological polar surface area (TPSA) is 34.7 Å². The Morgan fingerprint density at radius 3 is 1.62 bits per heavy atom. The van der Waals surface area contributed by atoms with Crippen molar-refractivity contribution in [1.82, 2.24) is 9.55 Å². The molecule has 9 aromatic rings. The van der Waals surface area contributed by atoms with Gasteiger partial charge in [-0.1, -0.05) is 138 Å². The van der Waals surface area contributed by atoms with Gasteiger partial charge in [0.15, 0.2) is 0 Å². The first kappa shape index (κ1) is 39.3. The van der Waals surface area contributed by atoms with Gasteiger partial charge in [-0.3, -0.25) is 0 Å². The van der Waals surface area contributed by atoms with Crippen LogP contribution in [0.1, 0.15) is 22.3 Å². The summed E-state index contributed by atoms with van der Waals surface area (Å²) in [5.74, 6) is 0.931. The maximum atomic E-state index is 5.19. The van der Waals surface area contributed by atoms with Crippen LogP contribution in [0.25, 0.3) is 16.7 Å². The third kappa shape index (κ3) is 5.76. The highest BCUT2D eigenvalue weighted by Gasteiger charge is 2.49. The van der Waals surface area contributed by atoms with Gasteiger partial charge in [0.1, 0.15) is 13.9 Å². The third-order valence-corrected chi connectivity index (χ3v) is 17.8. The number of benzene rings is 7. The fourth-order valence-electron chi connectivity index (χ4n) is 11.3. The predicted octanol–water partition coefficient (Wildman–Crippen LogP) is 9.39. The monoisotopic (exact) mass is 857 g/mol. The highest BCUT2D eigenvalue weighted by atomic mass is 28.3. The Balaban J connectivity index is 1.13. The number of para-hydroxylation sites is 3. The summed E-state index contributed by atoms with van der Waals surface area (Å²) >= 11 is 0. The number of anilines is 8. The van der Waals surface area contributed by atoms with E-state index < -0.39 is 8.07 Å². The van der Waals surface area contributed by atoms with E-state index in [1.54, 1.807) is 0 Å². The van der Waals surface area contributed by atoms with Gasteiger partial charge in [-0.05, 0) is 111 Å². The summed E-state index contributed by atoms with van der Waals surface area (Å²) in [4.78, 5) is 15.3. The third-order valence-electron chi connectivity index (χ3n) is 14.3. The van der Waals surface area contributed by atoms with Crippen molar-refractivity contribution in [2.75, 3.05) is 19.2 Å². The lowest BCUT2D eigenvalue weighted by atomic mass is 9.60. The molecule has 0 aliphatic carbocycles. The Hall–Kier alpha value is -7.29. The Labute approximate surface area is 383 Å². The normalized spacial score (nSPS) is 14.6. The van der Waals surface area contributed by atoms with Gasteiger partial charge in [0.2, 0.25) is 6.33 Å². The first-order valence-electron chi connectivity index (χ1n) is 22.7. The molecule has 2 aromatic heterocycles. The van der Waals surface area contributed by atoms with E-state index in [0.29, 0.717) is 0 Å². The summed E-state index contributed by atoms with van der Waals surface area (Å²) in [7, 11) is -0.0861. The van der Waals surface area contributed by atoms with E-state index in [9.17, 15) is 0 Å². The van der Waals surface area contributed by atoms with E-state index in [2.05, 4.69) is 246 Å². The lowest BCUT2D eigenvalue weighted by Gasteiger charge is -2.35. The molecular formula is C55H49B2N7Si. The number of nitrogens with zero attached hydrogens (tertiary/aromatic N) is 7. The summed E-state index contributed by atoms with van der Waals surface area (Å²) in [6.45, 7) is 13.7. The van der Waals surface area contributed by atoms with E-state index in [0.717, 1.165) is 39.9 Å². The summed E-state index contributed by atoms with van der Waals surface area (Å²) < 4.78 is 4.50. The number of hydrogen-bond donors (Lipinski definition) is 0. The molecule has 314 valence electrons. The lowest BCUT2D eigenvalue weighted by molar-refractivity contribution is -0.649. The van der Waals surface area contributed by atoms with Crippen LogP contribution in [0.2, 0.25) is 13.1 Å². The van der Waals surface area contributed by atoms with Crippen LogP contribution < -0.4 is 45.1 Å². The van der Waals surface area contributed by atoms with Gasteiger partial charge in [0, 0.05) is 34.6 Å². The molecule has 0 atom stereocenters. The van der Waals surface area contributed by atoms with Crippen LogP contribution in [0, 0.1) is 34.0 Å². The van der Waals surface area contributed by atoms with Crippen LogP contribution in [0.3, 0.4) is 0 Å². The largest absolute Gasteiger partial charge is 0.422 e. The molecule has 0 amide bonds. The number of imidazole rings is 1. The van der Waals surface area contributed by atoms with Crippen molar-refractivity contribution >= 4 is 100 Å². The van der Waals surface area contributed by atoms with Crippen molar-refractivity contribution in [3.8, 4) is 5.69 Å². The number of aryl methyl sites for hydroxylation is 5. The molecule has 7 nitrogen and oxygen atoms in total. The molecule has 0 unspecified atom stereocenters. The van der Waals surface area contributed by atoms with Gasteiger partial charge >= 0.3 is 14.0 Å². The molecule has 0 bridgehead atoms. The Bertz CT molecular complexity index is 3330. The average molecular weight is 858 g/mol. The number of aromatic nitrogens is 3. The van der Waals surface area contributed by atoms with Gasteiger partial charge in [0.05, 0.1) is 35.1 Å². The lowest BCUT2D eigenvalue weighted by Crippen LogP contribution is -2.57. The smallest absolute Gasteiger partial charge is 0.360 e. The number of rotatable bonds is 6. The minimum Gasteiger partial charge on any atom is -0.360 e. The van der Waals surface area contributed by atoms with E-state index in [1.165, 1.54) is 66.0 Å². The fraction of sp³-hybridized carbons (Fsp3) is 0.127. The van der Waals surface area contributed by atoms with Gasteiger partial charge in [0.25, 0.3) is 0 Å². The van der Waals surface area contributed by atoms with Gasteiger partial charge in [-0.15, -0.1) is 0 Å². The molecule has 10 heteroatoms. The summed E-state index contributed by atoms with van der Waals surface area (Å²) in [6.07, 6.45) is 5.68. The maximum absolute atomic E-state index is 5.19. The molecule has 0 radical (unpaired) electrons. The zero-order valence-electron chi connectivity index (χ0n) is 38.0. The molecule has 12 rings (SSSR count). The molecule has 0 fully saturated rings. The van der Waals surface area contributed by atoms with Crippen LogP contribution in [-0.4, -0.2) is 31.6 Å². The van der Waals surface area contributed by atoms with Gasteiger partial charge in [-0.2, -0.15) is 0 Å². The quantitative estimate of drug-likeness (QED) is 0.0947. The minimum atomic E-state index is -2.21. The molecule has 0 saturated carbocycles. The van der Waals surface area contributed by atoms with Gasteiger partial charge in [-0.25, -0.2) is 4.98 Å². The van der Waals surface area contributed by atoms with Crippen molar-refractivity contribution in [3.05, 3.63) is 199 Å². The molecule has 65 heavy (non-hydrogen) atoms. The van der Waals surface area contributed by atoms with Gasteiger partial charge < -0.3 is 28.4 Å². The van der Waals surface area contributed by atoms with Crippen LogP contribution in [0.5, 0.6) is 0 Å². The molecule has 5 heterocycles. The molecule has 3 aliphatic rings. The fourth-order valence-corrected chi connectivity index (χ4v) is 14.3. The summed E-state index contributed by atoms with van der Waals surface area (Å²) in [5, 5.41) is 2.86. The molecular weight excluding hydrogens is 808 g/mol. The average Bonchev–Trinajstić information content (AvgIpc) is 3.96. The summed E-state index contributed by atoms with van der Waals surface area (Å²) in [6, 6.07) is 60.5. The zero-order chi connectivity index (χ0) is 44.3. The highest BCUT2D eigenvalue weighted by molar-refractivity contribution is 7.02. The molecule has 0 saturated heterocycles. The molecule has 0 N–H and O–H groups in total. The van der Waals surface area contributed by atoms with E-state index in [1.807, 2.05) is 6.20 Å². The van der Waals surface area contributed by atoms with Crippen LogP contribution >= 0.6 is 0 Å². The predicted molar refractivity (Wildman–Crippen MR) is 275 cm³/mol. The van der Waals surface area contributed by atoms with Crippen molar-refractivity contribution in [2.45, 2.75) is 40.8 Å². The van der Waals surface area contributed by atoms with E-state index >= 15 is 0 Å². The summed E-state index contributed by atoms with van der Waals surface area (Å²) in [5.41, 5.74) is 19.2. The van der Waals surface area contributed by atoms with Crippen molar-refractivity contribution < 1.29 is 4.57 Å². The Morgan fingerprint density at radius 1 is 0.477 bits per heavy atom. The second-order valence-electron chi connectivity index (χ2n) is 18.5. The molecule has 7 aromatic carbocycles. The Morgan fingerprint density at radius 2 is 0.985 bits per heavy atom. The first-order valence-corrected chi connectivity index (χ1v) is 25.7. The minimum absolute atomic E-state index is 0.188. The molecule has 0 spiro atoms. The van der Waals surface area contributed by atoms with Crippen LogP contribution in [0.4, 0.5) is 45.6 Å². The van der Waals surface area contributed by atoms with E-state index in [4.69, 9.17) is 4.98 Å². The zero-order valence-corrected chi connectivity index (χ0v) is 39.0. The van der Waals surface area contributed by atoms with Crippen molar-refractivity contribution in [3.63, 3.8) is 0 Å². The first-order chi connectivity index (χ1) is 31.6. The van der Waals surface area contributed by atoms with E-state index in [-0.39, 0.29) is 14.0 Å². The maximum Gasteiger partial charge on any atom is 0.422 e. The number of fused-ring (bicyclic) bond motifs is 4. The van der Waals surface area contributed by atoms with Crippen molar-refractivity contribution in [1.29, 1.82) is 0 Å². The second-order valence-corrected chi connectivity index (χ2v) is 22.9. The SMILES string of the molecule is Cc1cccc(C)c1B1N(c2cccc(N3B(c4c(C)cccc4C)N(c4ccccc4)c4cccnc43)c2)c2cc3c(cc2N1c1ccccc1)[Si](C)(C)c1cccc2c1n-3[c-][n+]2C. The number of pyridine rings is 1. The molecule has 3 aliphatic heterocycles. The second kappa shape index (κ2) is 14.6. The standard InChI is InChI=1S/C55H49B2N7Si/c1-37-19-14-20-38(2)52(37)56-62(42-25-12-9-13-26-42)48-35-51-49(60-36-59(5)45-29-17-31-50(54(45)60)65(51,6)7)34-47(48)63(56)43-27-16-28-44(33-43)64-55-46(30-18-32-58-55)61(41-23-10-8-11-24-41)57(64)53-39(3)21-15-22-40(53)4/h8-35H,1-7H3.